The Hall–Kier alpha value is -2.04. The quantitative estimate of drug-likeness (QED) is 0.285. The number of fused-ring (bicyclic) bond motifs is 3. The van der Waals surface area contributed by atoms with E-state index in [-0.39, 0.29) is 45.8 Å². The van der Waals surface area contributed by atoms with Gasteiger partial charge < -0.3 is 9.84 Å². The van der Waals surface area contributed by atoms with Gasteiger partial charge >= 0.3 is 0 Å². The Morgan fingerprint density at radius 3 is 2.46 bits per heavy atom. The summed E-state index contributed by atoms with van der Waals surface area (Å²) in [7, 11) is 1.43. The van der Waals surface area contributed by atoms with E-state index in [4.69, 9.17) is 4.74 Å². The van der Waals surface area contributed by atoms with Gasteiger partial charge in [0, 0.05) is 34.2 Å². The zero-order chi connectivity index (χ0) is 25.3. The number of carbonyl (C=O) groups excluding carboxylic acids is 4. The summed E-state index contributed by atoms with van der Waals surface area (Å²) in [4.78, 5) is 54.2. The first-order chi connectivity index (χ1) is 16.6. The minimum Gasteiger partial charge on any atom is -0.503 e. The molecule has 10 heteroatoms. The number of phenolic OH excluding ortho intramolecular Hbond substituents is 1. The van der Waals surface area contributed by atoms with Crippen molar-refractivity contribution >= 4 is 71.2 Å². The maximum atomic E-state index is 13.3. The summed E-state index contributed by atoms with van der Waals surface area (Å²) in [6.45, 7) is 2.07. The Bertz CT molecular complexity index is 1330. The normalized spacial score (nSPS) is 28.0. The molecule has 5 rings (SSSR count). The number of aromatic hydroxyl groups is 1. The van der Waals surface area contributed by atoms with Crippen molar-refractivity contribution in [3.63, 3.8) is 0 Å². The van der Waals surface area contributed by atoms with Gasteiger partial charge in [0.1, 0.15) is 0 Å². The monoisotopic (exact) mass is 667 g/mol. The zero-order valence-electron chi connectivity index (χ0n) is 18.7. The number of Topliss-reactive ketones (excluding diaryl/α,β-unsaturated/α-hetero) is 1. The molecule has 1 heterocycles. The van der Waals surface area contributed by atoms with Crippen molar-refractivity contribution < 1.29 is 29.0 Å². The molecule has 3 aliphatic carbocycles. The second-order valence-electron chi connectivity index (χ2n) is 8.96. The van der Waals surface area contributed by atoms with E-state index in [1.807, 2.05) is 6.08 Å². The number of nitrogens with zero attached hydrogens (tertiary/aromatic N) is 1. The fourth-order valence-electron chi connectivity index (χ4n) is 5.92. The SMILES string of the molecule is CCN1C(=O)C2CC=C3C(c4cc(OC)c(O)c(Br)c4Br)C4=C(CC3C2C1=O)C(=O)C(Br)=CC4=O. The first-order valence-electron chi connectivity index (χ1n) is 11.1. The maximum absolute atomic E-state index is 13.3. The average Bonchev–Trinajstić information content (AvgIpc) is 3.09. The van der Waals surface area contributed by atoms with Gasteiger partial charge in [-0.25, -0.2) is 0 Å². The molecule has 4 aliphatic rings. The van der Waals surface area contributed by atoms with E-state index in [1.54, 1.807) is 13.0 Å². The van der Waals surface area contributed by atoms with Gasteiger partial charge in [0.15, 0.2) is 23.1 Å². The predicted molar refractivity (Wildman–Crippen MR) is 137 cm³/mol. The molecule has 0 spiro atoms. The van der Waals surface area contributed by atoms with E-state index in [2.05, 4.69) is 47.8 Å². The van der Waals surface area contributed by atoms with Crippen molar-refractivity contribution in [2.24, 2.45) is 17.8 Å². The van der Waals surface area contributed by atoms with Crippen LogP contribution in [0.4, 0.5) is 0 Å². The third-order valence-corrected chi connectivity index (χ3v) is 10.2. The molecule has 182 valence electrons. The molecule has 0 saturated carbocycles. The highest BCUT2D eigenvalue weighted by Gasteiger charge is 2.56. The molecule has 0 radical (unpaired) electrons. The van der Waals surface area contributed by atoms with Gasteiger partial charge in [-0.15, -0.1) is 0 Å². The van der Waals surface area contributed by atoms with E-state index in [9.17, 15) is 24.3 Å². The van der Waals surface area contributed by atoms with Crippen LogP contribution in [0.3, 0.4) is 0 Å². The van der Waals surface area contributed by atoms with Crippen LogP contribution in [0.5, 0.6) is 11.5 Å². The number of methoxy groups -OCH3 is 1. The van der Waals surface area contributed by atoms with Crippen LogP contribution in [0.25, 0.3) is 0 Å². The van der Waals surface area contributed by atoms with Crippen LogP contribution in [0.1, 0.15) is 31.2 Å². The maximum Gasteiger partial charge on any atom is 0.233 e. The van der Waals surface area contributed by atoms with E-state index >= 15 is 0 Å². The second-order valence-corrected chi connectivity index (χ2v) is 11.4. The highest BCUT2D eigenvalue weighted by molar-refractivity contribution is 9.13. The molecular formula is C25H20Br3NO6. The lowest BCUT2D eigenvalue weighted by atomic mass is 9.59. The van der Waals surface area contributed by atoms with E-state index in [1.165, 1.54) is 18.1 Å². The third-order valence-electron chi connectivity index (χ3n) is 7.44. The number of amides is 2. The molecule has 1 saturated heterocycles. The fraction of sp³-hybridized carbons (Fsp3) is 0.360. The smallest absolute Gasteiger partial charge is 0.233 e. The average molecular weight is 670 g/mol. The van der Waals surface area contributed by atoms with Gasteiger partial charge in [-0.1, -0.05) is 11.6 Å². The number of carbonyl (C=O) groups is 4. The lowest BCUT2D eigenvalue weighted by Crippen LogP contribution is -2.39. The number of halogens is 3. The zero-order valence-corrected chi connectivity index (χ0v) is 23.5. The molecule has 4 unspecified atom stereocenters. The molecule has 1 aromatic carbocycles. The molecular weight excluding hydrogens is 650 g/mol. The molecule has 1 fully saturated rings. The Morgan fingerprint density at radius 2 is 1.80 bits per heavy atom. The molecule has 4 atom stereocenters. The van der Waals surface area contributed by atoms with Crippen molar-refractivity contribution in [3.05, 3.63) is 53.9 Å². The number of ether oxygens (including phenoxy) is 1. The Morgan fingerprint density at radius 1 is 1.09 bits per heavy atom. The molecule has 1 aliphatic heterocycles. The number of rotatable bonds is 3. The van der Waals surface area contributed by atoms with Crippen LogP contribution >= 0.6 is 47.8 Å². The number of likely N-dealkylation sites (tertiary alicyclic amines) is 1. The van der Waals surface area contributed by atoms with Gasteiger partial charge in [-0.3, -0.25) is 24.1 Å². The molecule has 1 N–H and O–H groups in total. The molecule has 0 aromatic heterocycles. The van der Waals surface area contributed by atoms with E-state index in [0.717, 1.165) is 5.57 Å². The minimum absolute atomic E-state index is 0.105. The number of ketones is 2. The van der Waals surface area contributed by atoms with Crippen LogP contribution in [0.2, 0.25) is 0 Å². The number of hydrogen-bond acceptors (Lipinski definition) is 6. The molecule has 1 aromatic rings. The fourth-order valence-corrected chi connectivity index (χ4v) is 7.32. The third kappa shape index (κ3) is 3.47. The molecule has 0 bridgehead atoms. The Balaban J connectivity index is 1.76. The van der Waals surface area contributed by atoms with Crippen molar-refractivity contribution in [1.82, 2.24) is 4.90 Å². The molecule has 7 nitrogen and oxygen atoms in total. The van der Waals surface area contributed by atoms with Gasteiger partial charge in [0.2, 0.25) is 11.8 Å². The van der Waals surface area contributed by atoms with Crippen molar-refractivity contribution in [1.29, 1.82) is 0 Å². The molecule has 2 amide bonds. The first-order valence-corrected chi connectivity index (χ1v) is 13.5. The van der Waals surface area contributed by atoms with Crippen LogP contribution in [0, 0.1) is 17.8 Å². The highest BCUT2D eigenvalue weighted by atomic mass is 79.9. The van der Waals surface area contributed by atoms with Crippen LogP contribution in [0.15, 0.2) is 48.4 Å². The lowest BCUT2D eigenvalue weighted by molar-refractivity contribution is -0.139. The van der Waals surface area contributed by atoms with Gasteiger partial charge in [-0.05, 0) is 85.1 Å². The molecule has 35 heavy (non-hydrogen) atoms. The van der Waals surface area contributed by atoms with E-state index in [0.29, 0.717) is 38.6 Å². The van der Waals surface area contributed by atoms with Gasteiger partial charge in [-0.2, -0.15) is 0 Å². The summed E-state index contributed by atoms with van der Waals surface area (Å²) >= 11 is 10.2. The largest absolute Gasteiger partial charge is 0.503 e. The van der Waals surface area contributed by atoms with Crippen LogP contribution < -0.4 is 4.74 Å². The summed E-state index contributed by atoms with van der Waals surface area (Å²) in [5.74, 6) is -3.04. The Labute approximate surface area is 226 Å². The lowest BCUT2D eigenvalue weighted by Gasteiger charge is -2.42. The van der Waals surface area contributed by atoms with Crippen molar-refractivity contribution in [3.8, 4) is 11.5 Å². The Kier molecular flexibility index (Phi) is 6.21. The predicted octanol–water partition coefficient (Wildman–Crippen LogP) is 4.71. The van der Waals surface area contributed by atoms with Gasteiger partial charge in [0.25, 0.3) is 0 Å². The number of imide groups is 1. The second kappa shape index (κ2) is 8.81. The topological polar surface area (TPSA) is 101 Å². The number of allylic oxidation sites excluding steroid dienone is 6. The minimum atomic E-state index is -0.656. The van der Waals surface area contributed by atoms with Crippen LogP contribution in [-0.2, 0) is 19.2 Å². The summed E-state index contributed by atoms with van der Waals surface area (Å²) in [6.07, 6.45) is 3.82. The number of hydrogen-bond donors (Lipinski definition) is 1. The summed E-state index contributed by atoms with van der Waals surface area (Å²) in [5, 5.41) is 10.5. The van der Waals surface area contributed by atoms with Crippen molar-refractivity contribution in [2.75, 3.05) is 13.7 Å². The first kappa shape index (κ1) is 24.6. The van der Waals surface area contributed by atoms with Gasteiger partial charge in [0.05, 0.1) is 27.9 Å². The van der Waals surface area contributed by atoms with Crippen LogP contribution in [-0.4, -0.2) is 47.0 Å². The summed E-state index contributed by atoms with van der Waals surface area (Å²) in [5.41, 5.74) is 2.15. The number of phenols is 1. The van der Waals surface area contributed by atoms with Crippen molar-refractivity contribution in [2.45, 2.75) is 25.7 Å². The summed E-state index contributed by atoms with van der Waals surface area (Å²) in [6, 6.07) is 1.64. The number of benzene rings is 1. The van der Waals surface area contributed by atoms with E-state index < -0.39 is 23.7 Å². The highest BCUT2D eigenvalue weighted by Crippen LogP contribution is 2.57. The standard InChI is InChI=1S/C25H20Br3NO6/c1-3-29-24(33)10-5-4-9-11(18(10)25(29)34)6-13-19(15(30)8-14(26)22(13)31)17(9)12-7-16(35-2)23(32)21(28)20(12)27/h4,7-8,10-11,17-18,32H,3,5-6H2,1-2H3. The summed E-state index contributed by atoms with van der Waals surface area (Å²) < 4.78 is 6.40.